The van der Waals surface area contributed by atoms with Gasteiger partial charge in [0, 0.05) is 11.5 Å². The van der Waals surface area contributed by atoms with Crippen molar-refractivity contribution in [2.24, 2.45) is 0 Å². The molecule has 0 saturated carbocycles. The minimum absolute atomic E-state index is 0.0847. The molecule has 0 aliphatic carbocycles. The van der Waals surface area contributed by atoms with Crippen molar-refractivity contribution in [2.45, 2.75) is 38.3 Å². The molecular weight excluding hydrogens is 302 g/mol. The van der Waals surface area contributed by atoms with E-state index in [4.69, 9.17) is 4.74 Å². The van der Waals surface area contributed by atoms with Crippen molar-refractivity contribution in [3.8, 4) is 0 Å². The molecule has 5 heteroatoms. The smallest absolute Gasteiger partial charge is 0.222 e. The Morgan fingerprint density at radius 1 is 1.53 bits per heavy atom. The van der Waals surface area contributed by atoms with Crippen molar-refractivity contribution in [1.29, 1.82) is 0 Å². The van der Waals surface area contributed by atoms with Crippen LogP contribution in [-0.4, -0.2) is 18.6 Å². The first-order valence-electron chi connectivity index (χ1n) is 5.86. The van der Waals surface area contributed by atoms with Crippen molar-refractivity contribution < 1.29 is 9.53 Å². The Morgan fingerprint density at radius 2 is 2.41 bits per heavy atom. The Kier molecular flexibility index (Phi) is 5.00. The molecule has 1 unspecified atom stereocenters. The number of carbonyl (C=O) groups excluding carboxylic acids is 1. The highest BCUT2D eigenvalue weighted by Gasteiger charge is 2.17. The summed E-state index contributed by atoms with van der Waals surface area (Å²) < 4.78 is 6.63. The van der Waals surface area contributed by atoms with Crippen molar-refractivity contribution in [3.63, 3.8) is 0 Å². The van der Waals surface area contributed by atoms with Crippen molar-refractivity contribution in [3.05, 3.63) is 20.8 Å². The van der Waals surface area contributed by atoms with E-state index in [1.807, 2.05) is 12.1 Å². The van der Waals surface area contributed by atoms with E-state index >= 15 is 0 Å². The number of hydrogen-bond acceptors (Lipinski definition) is 3. The molecule has 0 spiro atoms. The summed E-state index contributed by atoms with van der Waals surface area (Å²) in [6.45, 7) is 1.41. The Hall–Kier alpha value is -0.390. The van der Waals surface area contributed by atoms with Crippen LogP contribution in [0.5, 0.6) is 0 Å². The fourth-order valence-corrected chi connectivity index (χ4v) is 3.30. The number of carbonyl (C=O) groups is 1. The van der Waals surface area contributed by atoms with E-state index in [2.05, 4.69) is 21.2 Å². The molecule has 1 N–H and O–H groups in total. The number of amides is 1. The molecule has 1 aliphatic rings. The second kappa shape index (κ2) is 6.52. The van der Waals surface area contributed by atoms with Crippen LogP contribution in [0.15, 0.2) is 15.9 Å². The van der Waals surface area contributed by atoms with Gasteiger partial charge in [-0.15, -0.1) is 11.3 Å². The molecule has 2 heterocycles. The molecule has 0 aromatic carbocycles. The topological polar surface area (TPSA) is 38.3 Å². The SMILES string of the molecule is O=C(CC1CCCCO1)NCc1ccc(Br)s1. The zero-order valence-electron chi connectivity index (χ0n) is 9.58. The molecule has 1 saturated heterocycles. The lowest BCUT2D eigenvalue weighted by atomic mass is 10.1. The van der Waals surface area contributed by atoms with Gasteiger partial charge in [-0.1, -0.05) is 0 Å². The molecule has 2 rings (SSSR count). The van der Waals surface area contributed by atoms with E-state index in [1.54, 1.807) is 11.3 Å². The number of hydrogen-bond donors (Lipinski definition) is 1. The van der Waals surface area contributed by atoms with Gasteiger partial charge in [-0.3, -0.25) is 4.79 Å². The van der Waals surface area contributed by atoms with Crippen LogP contribution in [0.1, 0.15) is 30.6 Å². The Morgan fingerprint density at radius 3 is 3.06 bits per heavy atom. The van der Waals surface area contributed by atoms with E-state index in [1.165, 1.54) is 6.42 Å². The first-order valence-corrected chi connectivity index (χ1v) is 7.47. The van der Waals surface area contributed by atoms with Crippen molar-refractivity contribution in [2.75, 3.05) is 6.61 Å². The summed E-state index contributed by atoms with van der Waals surface area (Å²) in [7, 11) is 0. The fourth-order valence-electron chi connectivity index (χ4n) is 1.88. The third-order valence-electron chi connectivity index (χ3n) is 2.78. The lowest BCUT2D eigenvalue weighted by molar-refractivity contribution is -0.125. The van der Waals surface area contributed by atoms with Crippen LogP contribution < -0.4 is 5.32 Å². The van der Waals surface area contributed by atoms with Gasteiger partial charge in [-0.05, 0) is 47.3 Å². The largest absolute Gasteiger partial charge is 0.378 e. The maximum absolute atomic E-state index is 11.7. The number of nitrogens with one attached hydrogen (secondary N) is 1. The average Bonchev–Trinajstić information content (AvgIpc) is 2.74. The fraction of sp³-hybridized carbons (Fsp3) is 0.583. The van der Waals surface area contributed by atoms with Crippen molar-refractivity contribution in [1.82, 2.24) is 5.32 Å². The second-order valence-corrected chi connectivity index (χ2v) is 6.72. The Bertz CT molecular complexity index is 374. The average molecular weight is 318 g/mol. The van der Waals surface area contributed by atoms with Crippen LogP contribution in [0.25, 0.3) is 0 Å². The van der Waals surface area contributed by atoms with Gasteiger partial charge in [0.25, 0.3) is 0 Å². The molecule has 0 bridgehead atoms. The van der Waals surface area contributed by atoms with E-state index in [0.29, 0.717) is 13.0 Å². The number of halogens is 1. The maximum atomic E-state index is 11.7. The lowest BCUT2D eigenvalue weighted by Gasteiger charge is -2.21. The molecule has 1 fully saturated rings. The molecule has 3 nitrogen and oxygen atoms in total. The Balaban J connectivity index is 1.70. The minimum atomic E-state index is 0.0847. The van der Waals surface area contributed by atoms with Crippen LogP contribution in [0.4, 0.5) is 0 Å². The van der Waals surface area contributed by atoms with Gasteiger partial charge in [-0.25, -0.2) is 0 Å². The van der Waals surface area contributed by atoms with E-state index in [0.717, 1.165) is 28.1 Å². The first-order chi connectivity index (χ1) is 8.24. The summed E-state index contributed by atoms with van der Waals surface area (Å²) in [6, 6.07) is 4.02. The normalized spacial score (nSPS) is 20.2. The second-order valence-electron chi connectivity index (χ2n) is 4.18. The summed E-state index contributed by atoms with van der Waals surface area (Å²) >= 11 is 5.05. The molecule has 1 aromatic rings. The zero-order valence-corrected chi connectivity index (χ0v) is 12.0. The van der Waals surface area contributed by atoms with Gasteiger partial charge < -0.3 is 10.1 Å². The zero-order chi connectivity index (χ0) is 12.1. The standard InChI is InChI=1S/C12H16BrNO2S/c13-11-5-4-10(17-11)8-14-12(15)7-9-3-1-2-6-16-9/h4-5,9H,1-3,6-8H2,(H,14,15). The highest BCUT2D eigenvalue weighted by atomic mass is 79.9. The third-order valence-corrected chi connectivity index (χ3v) is 4.40. The predicted octanol–water partition coefficient (Wildman–Crippen LogP) is 3.09. The quantitative estimate of drug-likeness (QED) is 0.926. The van der Waals surface area contributed by atoms with Crippen LogP contribution >= 0.6 is 27.3 Å². The monoisotopic (exact) mass is 317 g/mol. The van der Waals surface area contributed by atoms with Crippen LogP contribution in [-0.2, 0) is 16.1 Å². The molecule has 1 atom stereocenters. The minimum Gasteiger partial charge on any atom is -0.378 e. The van der Waals surface area contributed by atoms with Crippen LogP contribution in [0.3, 0.4) is 0 Å². The summed E-state index contributed by atoms with van der Waals surface area (Å²) in [5, 5.41) is 2.93. The summed E-state index contributed by atoms with van der Waals surface area (Å²) in [5.74, 6) is 0.0847. The van der Waals surface area contributed by atoms with Crippen LogP contribution in [0, 0.1) is 0 Å². The molecule has 1 aliphatic heterocycles. The van der Waals surface area contributed by atoms with Crippen molar-refractivity contribution >= 4 is 33.2 Å². The highest BCUT2D eigenvalue weighted by molar-refractivity contribution is 9.11. The lowest BCUT2D eigenvalue weighted by Crippen LogP contribution is -2.29. The summed E-state index contributed by atoms with van der Waals surface area (Å²) in [5.41, 5.74) is 0. The summed E-state index contributed by atoms with van der Waals surface area (Å²) in [4.78, 5) is 12.9. The van der Waals surface area contributed by atoms with Gasteiger partial charge in [-0.2, -0.15) is 0 Å². The van der Waals surface area contributed by atoms with Crippen LogP contribution in [0.2, 0.25) is 0 Å². The molecule has 0 radical (unpaired) electrons. The number of rotatable bonds is 4. The predicted molar refractivity (Wildman–Crippen MR) is 72.1 cm³/mol. The summed E-state index contributed by atoms with van der Waals surface area (Å²) in [6.07, 6.45) is 3.93. The first kappa shape index (κ1) is 13.1. The molecule has 94 valence electrons. The van der Waals surface area contributed by atoms with E-state index in [-0.39, 0.29) is 12.0 Å². The Labute approximate surface area is 114 Å². The van der Waals surface area contributed by atoms with Gasteiger partial charge in [0.2, 0.25) is 5.91 Å². The molecule has 1 aromatic heterocycles. The van der Waals surface area contributed by atoms with Gasteiger partial charge in [0.1, 0.15) is 0 Å². The maximum Gasteiger partial charge on any atom is 0.222 e. The molecule has 1 amide bonds. The highest BCUT2D eigenvalue weighted by Crippen LogP contribution is 2.22. The third kappa shape index (κ3) is 4.41. The van der Waals surface area contributed by atoms with E-state index < -0.39 is 0 Å². The molecule has 17 heavy (non-hydrogen) atoms. The molecular formula is C12H16BrNO2S. The van der Waals surface area contributed by atoms with Gasteiger partial charge in [0.15, 0.2) is 0 Å². The number of thiophene rings is 1. The number of ether oxygens (including phenoxy) is 1. The van der Waals surface area contributed by atoms with E-state index in [9.17, 15) is 4.79 Å². The van der Waals surface area contributed by atoms with Gasteiger partial charge in [0.05, 0.1) is 22.9 Å². The van der Waals surface area contributed by atoms with Gasteiger partial charge >= 0.3 is 0 Å².